The molecule has 0 bridgehead atoms. The normalized spacial score (nSPS) is 18.5. The van der Waals surface area contributed by atoms with Crippen LogP contribution in [0.4, 0.5) is 5.95 Å². The number of nitrogens with zero attached hydrogens (tertiary/aromatic N) is 5. The summed E-state index contributed by atoms with van der Waals surface area (Å²) in [5, 5.41) is 17.4. The molecule has 0 saturated carbocycles. The van der Waals surface area contributed by atoms with E-state index in [0.717, 1.165) is 11.1 Å². The summed E-state index contributed by atoms with van der Waals surface area (Å²) in [6.45, 7) is 0. The van der Waals surface area contributed by atoms with Crippen LogP contribution in [-0.4, -0.2) is 31.4 Å². The van der Waals surface area contributed by atoms with E-state index in [2.05, 4.69) is 20.2 Å². The number of benzene rings is 2. The van der Waals surface area contributed by atoms with Gasteiger partial charge in [-0.25, -0.2) is 9.67 Å². The molecule has 2 aromatic carbocycles. The van der Waals surface area contributed by atoms with Gasteiger partial charge in [0.25, 0.3) is 0 Å². The van der Waals surface area contributed by atoms with Crippen molar-refractivity contribution in [3.05, 3.63) is 78.1 Å². The number of hydrogen-bond acceptors (Lipinski definition) is 5. The van der Waals surface area contributed by atoms with Crippen molar-refractivity contribution in [2.45, 2.75) is 6.04 Å². The average Bonchev–Trinajstić information content (AvgIpc) is 3.09. The van der Waals surface area contributed by atoms with Crippen molar-refractivity contribution < 1.29 is 5.21 Å². The van der Waals surface area contributed by atoms with Gasteiger partial charge < -0.3 is 5.21 Å². The molecule has 1 atom stereocenters. The second-order valence-corrected chi connectivity index (χ2v) is 5.13. The van der Waals surface area contributed by atoms with Crippen LogP contribution in [0.2, 0.25) is 0 Å². The Balaban J connectivity index is 1.93. The third-order valence-corrected chi connectivity index (χ3v) is 3.78. The third kappa shape index (κ3) is 2.20. The lowest BCUT2D eigenvalue weighted by atomic mass is 9.94. The standard InChI is InChI=1S/C17H13N5O/c23-21-15-14(12-7-3-1-4-8-12)20-17-18-11-19-22(17)16(15)13-9-5-2-6-10-13/h1-11,16,23H/b21-15-/t16-/m0/s1. The van der Waals surface area contributed by atoms with Crippen molar-refractivity contribution in [1.82, 2.24) is 14.8 Å². The van der Waals surface area contributed by atoms with E-state index in [4.69, 9.17) is 0 Å². The lowest BCUT2D eigenvalue weighted by Gasteiger charge is -2.24. The minimum absolute atomic E-state index is 0.369. The molecule has 1 aliphatic heterocycles. The quantitative estimate of drug-likeness (QED) is 0.584. The van der Waals surface area contributed by atoms with Crippen molar-refractivity contribution in [2.75, 3.05) is 0 Å². The summed E-state index contributed by atoms with van der Waals surface area (Å²) in [5.74, 6) is 0.491. The summed E-state index contributed by atoms with van der Waals surface area (Å²) in [6, 6.07) is 19.0. The summed E-state index contributed by atoms with van der Waals surface area (Å²) < 4.78 is 1.66. The maximum Gasteiger partial charge on any atom is 0.249 e. The highest BCUT2D eigenvalue weighted by atomic mass is 16.4. The highest BCUT2D eigenvalue weighted by molar-refractivity contribution is 6.50. The number of oxime groups is 1. The van der Waals surface area contributed by atoms with E-state index in [9.17, 15) is 5.21 Å². The molecule has 4 rings (SSSR count). The second-order valence-electron chi connectivity index (χ2n) is 5.13. The van der Waals surface area contributed by atoms with E-state index in [1.807, 2.05) is 60.7 Å². The second kappa shape index (κ2) is 5.49. The van der Waals surface area contributed by atoms with Gasteiger partial charge >= 0.3 is 0 Å². The van der Waals surface area contributed by atoms with Gasteiger partial charge in [0.2, 0.25) is 5.95 Å². The maximum atomic E-state index is 9.66. The smallest absolute Gasteiger partial charge is 0.249 e. The zero-order valence-electron chi connectivity index (χ0n) is 12.1. The molecule has 6 heteroatoms. The predicted octanol–water partition coefficient (Wildman–Crippen LogP) is 2.83. The summed E-state index contributed by atoms with van der Waals surface area (Å²) in [4.78, 5) is 8.72. The number of rotatable bonds is 2. The first-order chi connectivity index (χ1) is 11.4. The molecule has 2 heterocycles. The van der Waals surface area contributed by atoms with Gasteiger partial charge in [0.15, 0.2) is 0 Å². The van der Waals surface area contributed by atoms with Gasteiger partial charge in [0.05, 0.1) is 0 Å². The molecule has 3 aromatic rings. The monoisotopic (exact) mass is 303 g/mol. The Morgan fingerprint density at radius 1 is 0.957 bits per heavy atom. The molecular weight excluding hydrogens is 290 g/mol. The van der Waals surface area contributed by atoms with Crippen LogP contribution in [0.15, 0.2) is 77.1 Å². The average molecular weight is 303 g/mol. The van der Waals surface area contributed by atoms with Crippen molar-refractivity contribution in [3.8, 4) is 0 Å². The topological polar surface area (TPSA) is 75.7 Å². The minimum Gasteiger partial charge on any atom is -0.411 e. The molecule has 1 aliphatic rings. The van der Waals surface area contributed by atoms with E-state index in [-0.39, 0.29) is 6.04 Å². The van der Waals surface area contributed by atoms with Gasteiger partial charge in [-0.15, -0.1) is 0 Å². The number of fused-ring (bicyclic) bond motifs is 1. The summed E-state index contributed by atoms with van der Waals surface area (Å²) in [5.41, 5.74) is 2.87. The molecular formula is C17H13N5O. The fourth-order valence-electron chi connectivity index (χ4n) is 2.75. The van der Waals surface area contributed by atoms with Crippen LogP contribution >= 0.6 is 0 Å². The molecule has 0 radical (unpaired) electrons. The van der Waals surface area contributed by atoms with Crippen LogP contribution in [0.1, 0.15) is 17.2 Å². The van der Waals surface area contributed by atoms with Gasteiger partial charge in [-0.3, -0.25) is 0 Å². The van der Waals surface area contributed by atoms with E-state index >= 15 is 0 Å². The Hall–Kier alpha value is -3.28. The Labute approximate surface area is 132 Å². The highest BCUT2D eigenvalue weighted by Gasteiger charge is 2.33. The molecule has 0 spiro atoms. The molecule has 1 aromatic heterocycles. The van der Waals surface area contributed by atoms with Crippen LogP contribution in [-0.2, 0) is 0 Å². The van der Waals surface area contributed by atoms with Crippen molar-refractivity contribution in [3.63, 3.8) is 0 Å². The maximum absolute atomic E-state index is 9.66. The molecule has 0 saturated heterocycles. The first-order valence-electron chi connectivity index (χ1n) is 7.19. The van der Waals surface area contributed by atoms with Gasteiger partial charge in [-0.2, -0.15) is 10.1 Å². The van der Waals surface area contributed by atoms with Gasteiger partial charge in [-0.05, 0) is 5.56 Å². The zero-order valence-corrected chi connectivity index (χ0v) is 12.1. The van der Waals surface area contributed by atoms with Gasteiger partial charge in [0.1, 0.15) is 23.8 Å². The van der Waals surface area contributed by atoms with Crippen molar-refractivity contribution in [2.24, 2.45) is 10.1 Å². The molecule has 0 amide bonds. The Kier molecular flexibility index (Phi) is 3.20. The first-order valence-corrected chi connectivity index (χ1v) is 7.19. The Bertz CT molecular complexity index is 884. The molecule has 1 N–H and O–H groups in total. The van der Waals surface area contributed by atoms with E-state index in [0.29, 0.717) is 17.4 Å². The minimum atomic E-state index is -0.369. The number of aromatic nitrogens is 3. The first kappa shape index (κ1) is 13.4. The number of hydrogen-bond donors (Lipinski definition) is 1. The third-order valence-electron chi connectivity index (χ3n) is 3.78. The molecule has 0 aliphatic carbocycles. The molecule has 23 heavy (non-hydrogen) atoms. The van der Waals surface area contributed by atoms with Gasteiger partial charge in [0, 0.05) is 5.56 Å². The Morgan fingerprint density at radius 3 is 2.35 bits per heavy atom. The van der Waals surface area contributed by atoms with Crippen LogP contribution in [0, 0.1) is 0 Å². The summed E-state index contributed by atoms with van der Waals surface area (Å²) in [7, 11) is 0. The van der Waals surface area contributed by atoms with E-state index in [1.54, 1.807) is 4.68 Å². The zero-order chi connectivity index (χ0) is 15.6. The molecule has 112 valence electrons. The lowest BCUT2D eigenvalue weighted by Crippen LogP contribution is -2.32. The predicted molar refractivity (Wildman–Crippen MR) is 86.5 cm³/mol. The molecule has 6 nitrogen and oxygen atoms in total. The fraction of sp³-hybridized carbons (Fsp3) is 0.0588. The highest BCUT2D eigenvalue weighted by Crippen LogP contribution is 2.30. The SMILES string of the molecule is O/N=C1/C(c2ccccc2)=Nc2ncnn2[C@H]1c1ccccc1. The van der Waals surface area contributed by atoms with Crippen molar-refractivity contribution in [1.29, 1.82) is 0 Å². The van der Waals surface area contributed by atoms with Crippen molar-refractivity contribution >= 4 is 17.4 Å². The van der Waals surface area contributed by atoms with Crippen LogP contribution in [0.5, 0.6) is 0 Å². The van der Waals surface area contributed by atoms with Crippen LogP contribution in [0.3, 0.4) is 0 Å². The molecule has 0 unspecified atom stereocenters. The Morgan fingerprint density at radius 2 is 1.65 bits per heavy atom. The van der Waals surface area contributed by atoms with E-state index in [1.165, 1.54) is 6.33 Å². The largest absolute Gasteiger partial charge is 0.411 e. The van der Waals surface area contributed by atoms with Crippen LogP contribution < -0.4 is 0 Å². The number of aliphatic imine (C=N–C) groups is 1. The van der Waals surface area contributed by atoms with Gasteiger partial charge in [-0.1, -0.05) is 65.8 Å². The van der Waals surface area contributed by atoms with Crippen LogP contribution in [0.25, 0.3) is 0 Å². The summed E-state index contributed by atoms with van der Waals surface area (Å²) in [6.07, 6.45) is 1.46. The van der Waals surface area contributed by atoms with E-state index < -0.39 is 0 Å². The summed E-state index contributed by atoms with van der Waals surface area (Å²) >= 11 is 0. The molecule has 0 fully saturated rings. The lowest BCUT2D eigenvalue weighted by molar-refractivity contribution is 0.316. The fourth-order valence-corrected chi connectivity index (χ4v) is 2.75.